The Labute approximate surface area is 165 Å². The number of imidazole rings is 1. The van der Waals surface area contributed by atoms with Gasteiger partial charge < -0.3 is 15.0 Å². The lowest BCUT2D eigenvalue weighted by Crippen LogP contribution is -2.48. The van der Waals surface area contributed by atoms with E-state index < -0.39 is 47.7 Å². The third-order valence-corrected chi connectivity index (χ3v) is 5.70. The normalized spacial score (nSPS) is 18.4. The van der Waals surface area contributed by atoms with Crippen LogP contribution in [0.4, 0.5) is 17.6 Å². The second-order valence-corrected chi connectivity index (χ2v) is 7.53. The number of hydrogen-bond donors (Lipinski definition) is 2. The average Bonchev–Trinajstić information content (AvgIpc) is 3.30. The molecule has 1 amide bonds. The summed E-state index contributed by atoms with van der Waals surface area (Å²) < 4.78 is 55.6. The molecule has 158 valence electrons. The number of aliphatic hydroxyl groups is 1. The van der Waals surface area contributed by atoms with Crippen LogP contribution in [0.5, 0.6) is 0 Å². The maximum atomic E-state index is 13.7. The summed E-state index contributed by atoms with van der Waals surface area (Å²) in [5.41, 5.74) is -3.65. The predicted octanol–water partition coefficient (Wildman–Crippen LogP) is 3.33. The van der Waals surface area contributed by atoms with E-state index in [2.05, 4.69) is 10.3 Å². The lowest BCUT2D eigenvalue weighted by Gasteiger charge is -2.32. The van der Waals surface area contributed by atoms with Crippen LogP contribution in [0.25, 0.3) is 0 Å². The smallest absolute Gasteiger partial charge is 0.374 e. The summed E-state index contributed by atoms with van der Waals surface area (Å²) in [6.45, 7) is -0.404. The molecule has 3 rings (SSSR count). The molecule has 2 N–H and O–H groups in total. The lowest BCUT2D eigenvalue weighted by atomic mass is 9.78. The summed E-state index contributed by atoms with van der Waals surface area (Å²) in [5, 5.41) is 12.9. The zero-order valence-electron chi connectivity index (χ0n) is 16.0. The van der Waals surface area contributed by atoms with Gasteiger partial charge in [-0.15, -0.1) is 0 Å². The first-order valence-corrected chi connectivity index (χ1v) is 9.41. The van der Waals surface area contributed by atoms with Crippen molar-refractivity contribution in [1.82, 2.24) is 14.9 Å². The summed E-state index contributed by atoms with van der Waals surface area (Å²) >= 11 is 0. The van der Waals surface area contributed by atoms with E-state index in [4.69, 9.17) is 0 Å². The number of aromatic nitrogens is 2. The van der Waals surface area contributed by atoms with E-state index in [0.717, 1.165) is 17.4 Å². The lowest BCUT2D eigenvalue weighted by molar-refractivity contribution is -0.272. The number of nitrogens with one attached hydrogen (secondary N) is 1. The summed E-state index contributed by atoms with van der Waals surface area (Å²) in [4.78, 5) is 16.6. The SMILES string of the molecule is Cn1ccnc1C(O)(CCNC(=O)C1(c2cccc(F)c2)CCCC1)C(F)(F)F. The second-order valence-electron chi connectivity index (χ2n) is 7.53. The van der Waals surface area contributed by atoms with E-state index >= 15 is 0 Å². The first-order chi connectivity index (χ1) is 13.6. The first-order valence-electron chi connectivity index (χ1n) is 9.41. The van der Waals surface area contributed by atoms with Gasteiger partial charge in [-0.2, -0.15) is 13.2 Å². The minimum absolute atomic E-state index is 0.404. The van der Waals surface area contributed by atoms with Crippen LogP contribution in [0.3, 0.4) is 0 Å². The van der Waals surface area contributed by atoms with E-state index in [-0.39, 0.29) is 0 Å². The molecule has 0 saturated heterocycles. The van der Waals surface area contributed by atoms with Gasteiger partial charge in [0, 0.05) is 32.4 Å². The number of rotatable bonds is 6. The molecule has 29 heavy (non-hydrogen) atoms. The highest BCUT2D eigenvalue weighted by Gasteiger charge is 2.57. The molecule has 1 saturated carbocycles. The van der Waals surface area contributed by atoms with Gasteiger partial charge in [0.25, 0.3) is 0 Å². The van der Waals surface area contributed by atoms with Crippen LogP contribution >= 0.6 is 0 Å². The average molecular weight is 413 g/mol. The van der Waals surface area contributed by atoms with Crippen molar-refractivity contribution in [3.63, 3.8) is 0 Å². The monoisotopic (exact) mass is 413 g/mol. The quantitative estimate of drug-likeness (QED) is 0.714. The van der Waals surface area contributed by atoms with Gasteiger partial charge in [0.2, 0.25) is 11.5 Å². The number of nitrogens with zero attached hydrogens (tertiary/aromatic N) is 2. The van der Waals surface area contributed by atoms with Gasteiger partial charge in [0.05, 0.1) is 5.41 Å². The number of alkyl halides is 3. The second kappa shape index (κ2) is 7.78. The van der Waals surface area contributed by atoms with Crippen LogP contribution < -0.4 is 5.32 Å². The number of benzene rings is 1. The Kier molecular flexibility index (Phi) is 5.71. The van der Waals surface area contributed by atoms with E-state index in [9.17, 15) is 27.5 Å². The van der Waals surface area contributed by atoms with Crippen molar-refractivity contribution in [2.75, 3.05) is 6.54 Å². The molecule has 9 heteroatoms. The Morgan fingerprint density at radius 2 is 2.00 bits per heavy atom. The molecule has 1 heterocycles. The highest BCUT2D eigenvalue weighted by molar-refractivity contribution is 5.88. The van der Waals surface area contributed by atoms with Crippen LogP contribution in [-0.2, 0) is 22.9 Å². The Morgan fingerprint density at radius 1 is 1.31 bits per heavy atom. The third-order valence-electron chi connectivity index (χ3n) is 5.70. The third kappa shape index (κ3) is 3.88. The predicted molar refractivity (Wildman–Crippen MR) is 97.3 cm³/mol. The van der Waals surface area contributed by atoms with Crippen LogP contribution in [0.15, 0.2) is 36.7 Å². The van der Waals surface area contributed by atoms with Crippen molar-refractivity contribution in [2.24, 2.45) is 7.05 Å². The maximum absolute atomic E-state index is 13.7. The molecule has 1 aliphatic carbocycles. The van der Waals surface area contributed by atoms with Gasteiger partial charge in [-0.05, 0) is 30.5 Å². The number of carbonyl (C=O) groups excluding carboxylic acids is 1. The van der Waals surface area contributed by atoms with E-state index in [1.165, 1.54) is 37.6 Å². The first kappa shape index (κ1) is 21.3. The summed E-state index contributed by atoms with van der Waals surface area (Å²) in [5.74, 6) is -1.47. The standard InChI is InChI=1S/C20H23F4N3O2/c1-27-12-11-25-16(27)19(29,20(22,23)24)9-10-26-17(28)18(7-2-3-8-18)14-5-4-6-15(21)13-14/h4-6,11-13,29H,2-3,7-10H2,1H3,(H,26,28). The molecule has 0 bridgehead atoms. The minimum atomic E-state index is -4.97. The summed E-state index contributed by atoms with van der Waals surface area (Å²) in [6, 6.07) is 5.75. The van der Waals surface area contributed by atoms with Crippen molar-refractivity contribution >= 4 is 5.91 Å². The molecule has 0 spiro atoms. The molecule has 1 aromatic carbocycles. The highest BCUT2D eigenvalue weighted by Crippen LogP contribution is 2.43. The molecule has 2 aromatic rings. The highest BCUT2D eigenvalue weighted by atomic mass is 19.4. The van der Waals surface area contributed by atoms with Crippen molar-refractivity contribution in [3.05, 3.63) is 53.9 Å². The van der Waals surface area contributed by atoms with Gasteiger partial charge >= 0.3 is 6.18 Å². The van der Waals surface area contributed by atoms with Crippen LogP contribution in [0.2, 0.25) is 0 Å². The molecule has 1 aliphatic rings. The number of carbonyl (C=O) groups is 1. The Hall–Kier alpha value is -2.42. The van der Waals surface area contributed by atoms with Crippen molar-refractivity contribution in [3.8, 4) is 0 Å². The Bertz CT molecular complexity index is 875. The van der Waals surface area contributed by atoms with Crippen LogP contribution in [-0.4, -0.2) is 33.3 Å². The van der Waals surface area contributed by atoms with Gasteiger partial charge in [0.15, 0.2) is 0 Å². The van der Waals surface area contributed by atoms with E-state index in [1.807, 2.05) is 0 Å². The molecule has 1 atom stereocenters. The molecule has 5 nitrogen and oxygen atoms in total. The fourth-order valence-corrected chi connectivity index (χ4v) is 4.08. The number of amides is 1. The molecule has 0 radical (unpaired) electrons. The fraction of sp³-hybridized carbons (Fsp3) is 0.500. The molecular weight excluding hydrogens is 390 g/mol. The largest absolute Gasteiger partial charge is 0.424 e. The van der Waals surface area contributed by atoms with Crippen molar-refractivity contribution < 1.29 is 27.5 Å². The van der Waals surface area contributed by atoms with Gasteiger partial charge in [-0.1, -0.05) is 25.0 Å². The molecule has 1 fully saturated rings. The number of halogens is 4. The number of hydrogen-bond acceptors (Lipinski definition) is 3. The van der Waals surface area contributed by atoms with Crippen LogP contribution in [0, 0.1) is 5.82 Å². The molecule has 1 unspecified atom stereocenters. The van der Waals surface area contributed by atoms with Crippen molar-refractivity contribution in [2.45, 2.75) is 49.3 Å². The maximum Gasteiger partial charge on any atom is 0.424 e. The summed E-state index contributed by atoms with van der Waals surface area (Å²) in [7, 11) is 1.36. The van der Waals surface area contributed by atoms with E-state index in [1.54, 1.807) is 6.07 Å². The number of aryl methyl sites for hydroxylation is 1. The zero-order chi connectivity index (χ0) is 21.3. The minimum Gasteiger partial charge on any atom is -0.374 e. The zero-order valence-corrected chi connectivity index (χ0v) is 16.0. The fourth-order valence-electron chi connectivity index (χ4n) is 4.08. The Morgan fingerprint density at radius 3 is 2.55 bits per heavy atom. The molecular formula is C20H23F4N3O2. The molecule has 0 aliphatic heterocycles. The van der Waals surface area contributed by atoms with Crippen molar-refractivity contribution in [1.29, 1.82) is 0 Å². The Balaban J connectivity index is 1.77. The van der Waals surface area contributed by atoms with E-state index in [0.29, 0.717) is 18.4 Å². The summed E-state index contributed by atoms with van der Waals surface area (Å²) in [6.07, 6.45) is -0.759. The van der Waals surface area contributed by atoms with Gasteiger partial charge in [0.1, 0.15) is 11.6 Å². The van der Waals surface area contributed by atoms with Gasteiger partial charge in [-0.3, -0.25) is 4.79 Å². The topological polar surface area (TPSA) is 67.2 Å². The molecule has 1 aromatic heterocycles. The van der Waals surface area contributed by atoms with Gasteiger partial charge in [-0.25, -0.2) is 9.37 Å². The van der Waals surface area contributed by atoms with Crippen LogP contribution in [0.1, 0.15) is 43.5 Å².